The van der Waals surface area contributed by atoms with Gasteiger partial charge in [-0.3, -0.25) is 0 Å². The molecule has 3 N–H and O–H groups in total. The van der Waals surface area contributed by atoms with Crippen molar-refractivity contribution in [3.05, 3.63) is 34.9 Å². The Kier molecular flexibility index (Phi) is 3.06. The third kappa shape index (κ3) is 1.92. The Morgan fingerprint density at radius 2 is 2.14 bits per heavy atom. The minimum Gasteiger partial charge on any atom is -0.327 e. The smallest absolute Gasteiger partial charge is 0.0441 e. The Hall–Kier alpha value is -0.570. The maximum atomic E-state index is 6.14. The van der Waals surface area contributed by atoms with Crippen LogP contribution in [0.25, 0.3) is 0 Å². The maximum absolute atomic E-state index is 6.14. The molecule has 1 aromatic carbocycles. The van der Waals surface area contributed by atoms with Gasteiger partial charge in [-0.05, 0) is 24.6 Å². The summed E-state index contributed by atoms with van der Waals surface area (Å²) < 4.78 is 0. The second-order valence-corrected chi connectivity index (χ2v) is 4.19. The third-order valence-electron chi connectivity index (χ3n) is 2.84. The van der Waals surface area contributed by atoms with Crippen LogP contribution < -0.4 is 11.1 Å². The van der Waals surface area contributed by atoms with Gasteiger partial charge in [0, 0.05) is 23.5 Å². The summed E-state index contributed by atoms with van der Waals surface area (Å²) >= 11 is 6.14. The van der Waals surface area contributed by atoms with E-state index in [0.29, 0.717) is 5.92 Å². The van der Waals surface area contributed by atoms with Crippen LogP contribution in [0.5, 0.6) is 0 Å². The summed E-state index contributed by atoms with van der Waals surface area (Å²) in [5.74, 6) is 0.359. The molecule has 1 aromatic rings. The molecular weight excluding hydrogens is 196 g/mol. The monoisotopic (exact) mass is 210 g/mol. The second kappa shape index (κ2) is 4.30. The van der Waals surface area contributed by atoms with Crippen LogP contribution in [0.2, 0.25) is 5.02 Å². The molecule has 0 aromatic heterocycles. The Bertz CT molecular complexity index is 314. The fourth-order valence-corrected chi connectivity index (χ4v) is 2.27. The van der Waals surface area contributed by atoms with Crippen molar-refractivity contribution in [2.24, 2.45) is 5.73 Å². The number of nitrogens with two attached hydrogens (primary N) is 1. The average molecular weight is 211 g/mol. The molecule has 2 unspecified atom stereocenters. The van der Waals surface area contributed by atoms with Gasteiger partial charge in [-0.15, -0.1) is 0 Å². The molecule has 1 fully saturated rings. The summed E-state index contributed by atoms with van der Waals surface area (Å²) in [6, 6.07) is 8.20. The lowest BCUT2D eigenvalue weighted by molar-refractivity contribution is 0.403. The van der Waals surface area contributed by atoms with Gasteiger partial charge in [0.25, 0.3) is 0 Å². The van der Waals surface area contributed by atoms with Crippen molar-refractivity contribution < 1.29 is 0 Å². The predicted octanol–water partition coefficient (Wildman–Crippen LogP) is 1.74. The molecule has 1 aliphatic heterocycles. The zero-order chi connectivity index (χ0) is 9.97. The lowest BCUT2D eigenvalue weighted by Gasteiger charge is -2.30. The van der Waals surface area contributed by atoms with Crippen LogP contribution in [0.4, 0.5) is 0 Å². The van der Waals surface area contributed by atoms with Gasteiger partial charge in [0.1, 0.15) is 0 Å². The van der Waals surface area contributed by atoms with Crippen LogP contribution in [-0.2, 0) is 0 Å². The van der Waals surface area contributed by atoms with E-state index in [1.807, 2.05) is 18.2 Å². The molecule has 76 valence electrons. The van der Waals surface area contributed by atoms with E-state index < -0.39 is 0 Å². The average Bonchev–Trinajstić information content (AvgIpc) is 2.20. The van der Waals surface area contributed by atoms with Crippen molar-refractivity contribution in [1.29, 1.82) is 0 Å². The summed E-state index contributed by atoms with van der Waals surface area (Å²) in [4.78, 5) is 0. The fraction of sp³-hybridized carbons (Fsp3) is 0.455. The molecule has 1 aliphatic rings. The van der Waals surface area contributed by atoms with Gasteiger partial charge in [0.2, 0.25) is 0 Å². The van der Waals surface area contributed by atoms with Crippen molar-refractivity contribution in [3.63, 3.8) is 0 Å². The van der Waals surface area contributed by atoms with Crippen LogP contribution in [0.1, 0.15) is 17.9 Å². The first-order chi connectivity index (χ1) is 6.79. The molecule has 0 amide bonds. The van der Waals surface area contributed by atoms with E-state index >= 15 is 0 Å². The van der Waals surface area contributed by atoms with E-state index in [1.165, 1.54) is 5.56 Å². The summed E-state index contributed by atoms with van der Waals surface area (Å²) in [5.41, 5.74) is 7.26. The third-order valence-corrected chi connectivity index (χ3v) is 3.18. The van der Waals surface area contributed by atoms with Crippen molar-refractivity contribution in [1.82, 2.24) is 5.32 Å². The fourth-order valence-electron chi connectivity index (χ4n) is 2.00. The molecule has 1 heterocycles. The number of benzene rings is 1. The van der Waals surface area contributed by atoms with Crippen molar-refractivity contribution in [3.8, 4) is 0 Å². The summed E-state index contributed by atoms with van der Waals surface area (Å²) in [5, 5.41) is 4.18. The molecule has 2 atom stereocenters. The van der Waals surface area contributed by atoms with E-state index in [4.69, 9.17) is 17.3 Å². The summed E-state index contributed by atoms with van der Waals surface area (Å²) in [6.45, 7) is 1.95. The molecule has 0 spiro atoms. The molecule has 2 rings (SSSR count). The number of hydrogen-bond acceptors (Lipinski definition) is 2. The van der Waals surface area contributed by atoms with E-state index in [1.54, 1.807) is 0 Å². The summed E-state index contributed by atoms with van der Waals surface area (Å²) in [7, 11) is 0. The standard InChI is InChI=1S/C11H15ClN2/c12-10-4-2-1-3-8(10)9-7-14-6-5-11(9)13/h1-4,9,11,14H,5-7,13H2. The first kappa shape index (κ1) is 9.97. The minimum absolute atomic E-state index is 0.233. The second-order valence-electron chi connectivity index (χ2n) is 3.78. The molecule has 0 radical (unpaired) electrons. The Morgan fingerprint density at radius 1 is 1.36 bits per heavy atom. The highest BCUT2D eigenvalue weighted by Crippen LogP contribution is 2.28. The molecule has 1 saturated heterocycles. The number of nitrogens with one attached hydrogen (secondary N) is 1. The Morgan fingerprint density at radius 3 is 2.86 bits per heavy atom. The quantitative estimate of drug-likeness (QED) is 0.741. The molecule has 2 nitrogen and oxygen atoms in total. The number of piperidine rings is 1. The van der Waals surface area contributed by atoms with E-state index in [-0.39, 0.29) is 6.04 Å². The number of rotatable bonds is 1. The SMILES string of the molecule is NC1CCNCC1c1ccccc1Cl. The van der Waals surface area contributed by atoms with Crippen molar-refractivity contribution in [2.75, 3.05) is 13.1 Å². The minimum atomic E-state index is 0.233. The van der Waals surface area contributed by atoms with Gasteiger partial charge in [-0.25, -0.2) is 0 Å². The predicted molar refractivity (Wildman–Crippen MR) is 59.7 cm³/mol. The van der Waals surface area contributed by atoms with Crippen molar-refractivity contribution in [2.45, 2.75) is 18.4 Å². The highest BCUT2D eigenvalue weighted by molar-refractivity contribution is 6.31. The van der Waals surface area contributed by atoms with Gasteiger partial charge in [0.05, 0.1) is 0 Å². The van der Waals surface area contributed by atoms with Gasteiger partial charge in [0.15, 0.2) is 0 Å². The molecule has 0 aliphatic carbocycles. The van der Waals surface area contributed by atoms with Crippen LogP contribution in [0, 0.1) is 0 Å². The largest absolute Gasteiger partial charge is 0.327 e. The molecule has 3 heteroatoms. The molecule has 14 heavy (non-hydrogen) atoms. The van der Waals surface area contributed by atoms with Gasteiger partial charge >= 0.3 is 0 Å². The van der Waals surface area contributed by atoms with Gasteiger partial charge < -0.3 is 11.1 Å². The lowest BCUT2D eigenvalue weighted by Crippen LogP contribution is -2.43. The highest BCUT2D eigenvalue weighted by Gasteiger charge is 2.24. The van der Waals surface area contributed by atoms with Crippen LogP contribution in [0.15, 0.2) is 24.3 Å². The van der Waals surface area contributed by atoms with E-state index in [2.05, 4.69) is 11.4 Å². The van der Waals surface area contributed by atoms with E-state index in [0.717, 1.165) is 24.5 Å². The molecule has 0 saturated carbocycles. The van der Waals surface area contributed by atoms with Gasteiger partial charge in [-0.2, -0.15) is 0 Å². The zero-order valence-corrected chi connectivity index (χ0v) is 8.80. The molecular formula is C11H15ClN2. The molecule has 0 bridgehead atoms. The normalized spacial score (nSPS) is 27.6. The first-order valence-corrected chi connectivity index (χ1v) is 5.37. The number of hydrogen-bond donors (Lipinski definition) is 2. The van der Waals surface area contributed by atoms with Crippen LogP contribution >= 0.6 is 11.6 Å². The maximum Gasteiger partial charge on any atom is 0.0441 e. The lowest BCUT2D eigenvalue weighted by atomic mass is 9.87. The Balaban J connectivity index is 2.25. The number of halogens is 1. The van der Waals surface area contributed by atoms with Crippen molar-refractivity contribution >= 4 is 11.6 Å². The van der Waals surface area contributed by atoms with Crippen LogP contribution in [0.3, 0.4) is 0 Å². The summed E-state index contributed by atoms with van der Waals surface area (Å²) in [6.07, 6.45) is 1.02. The first-order valence-electron chi connectivity index (χ1n) is 5.00. The Labute approximate surface area is 89.4 Å². The van der Waals surface area contributed by atoms with E-state index in [9.17, 15) is 0 Å². The van der Waals surface area contributed by atoms with Crippen LogP contribution in [-0.4, -0.2) is 19.1 Å². The van der Waals surface area contributed by atoms with Gasteiger partial charge in [-0.1, -0.05) is 29.8 Å². The zero-order valence-electron chi connectivity index (χ0n) is 8.04. The highest BCUT2D eigenvalue weighted by atomic mass is 35.5. The topological polar surface area (TPSA) is 38.0 Å².